The Balaban J connectivity index is 2.02. The van der Waals surface area contributed by atoms with Crippen molar-refractivity contribution in [3.8, 4) is 0 Å². The van der Waals surface area contributed by atoms with E-state index in [-0.39, 0.29) is 23.6 Å². The van der Waals surface area contributed by atoms with Gasteiger partial charge in [-0.25, -0.2) is 0 Å². The fourth-order valence-corrected chi connectivity index (χ4v) is 2.31. The molecule has 0 saturated carbocycles. The van der Waals surface area contributed by atoms with Crippen LogP contribution in [-0.2, 0) is 11.2 Å². The van der Waals surface area contributed by atoms with Crippen LogP contribution < -0.4 is 11.1 Å². The Kier molecular flexibility index (Phi) is 4.55. The van der Waals surface area contributed by atoms with Crippen LogP contribution in [0.15, 0.2) is 22.7 Å². The lowest BCUT2D eigenvalue weighted by Crippen LogP contribution is -2.46. The van der Waals surface area contributed by atoms with Crippen LogP contribution in [0.2, 0.25) is 0 Å². The Labute approximate surface area is 117 Å². The number of carbonyl (C=O) groups excluding carboxylic acids is 2. The summed E-state index contributed by atoms with van der Waals surface area (Å²) in [6.45, 7) is 2.02. The normalized spacial score (nSPS) is 21.6. The summed E-state index contributed by atoms with van der Waals surface area (Å²) in [6.07, 6.45) is 6.67. The Morgan fingerprint density at radius 3 is 2.90 bits per heavy atom. The number of hydrogen-bond donors (Lipinski definition) is 2. The van der Waals surface area contributed by atoms with Crippen molar-refractivity contribution in [1.82, 2.24) is 10.5 Å². The molecular weight excluding hydrogens is 258 g/mol. The molecule has 20 heavy (non-hydrogen) atoms. The van der Waals surface area contributed by atoms with Gasteiger partial charge in [-0.2, -0.15) is 0 Å². The van der Waals surface area contributed by atoms with Crippen LogP contribution in [0, 0.1) is 5.92 Å². The SMILES string of the molecule is CCCc1cc(C(=O)N[C@@H]2CC=CC[C@H]2C(N)=O)no1. The maximum absolute atomic E-state index is 12.1. The minimum absolute atomic E-state index is 0.242. The molecule has 2 atom stereocenters. The first-order chi connectivity index (χ1) is 9.61. The van der Waals surface area contributed by atoms with Gasteiger partial charge in [0.1, 0.15) is 5.76 Å². The van der Waals surface area contributed by atoms with E-state index in [1.54, 1.807) is 6.07 Å². The van der Waals surface area contributed by atoms with Crippen molar-refractivity contribution in [3.63, 3.8) is 0 Å². The fraction of sp³-hybridized carbons (Fsp3) is 0.500. The Morgan fingerprint density at radius 1 is 1.45 bits per heavy atom. The molecule has 0 bridgehead atoms. The summed E-state index contributed by atoms with van der Waals surface area (Å²) < 4.78 is 5.07. The number of allylic oxidation sites excluding steroid dienone is 1. The molecule has 1 aromatic heterocycles. The zero-order valence-electron chi connectivity index (χ0n) is 11.5. The van der Waals surface area contributed by atoms with Crippen LogP contribution in [-0.4, -0.2) is 23.0 Å². The smallest absolute Gasteiger partial charge is 0.273 e. The van der Waals surface area contributed by atoms with Gasteiger partial charge in [0.05, 0.1) is 5.92 Å². The molecule has 1 aliphatic carbocycles. The predicted octanol–water partition coefficient (Wildman–Crippen LogP) is 1.18. The summed E-state index contributed by atoms with van der Waals surface area (Å²) >= 11 is 0. The van der Waals surface area contributed by atoms with Gasteiger partial charge in [-0.1, -0.05) is 24.2 Å². The van der Waals surface area contributed by atoms with Crippen molar-refractivity contribution in [2.75, 3.05) is 0 Å². The van der Waals surface area contributed by atoms with Crippen LogP contribution in [0.5, 0.6) is 0 Å². The van der Waals surface area contributed by atoms with Gasteiger partial charge in [0.15, 0.2) is 5.69 Å². The van der Waals surface area contributed by atoms with Gasteiger partial charge in [0.25, 0.3) is 5.91 Å². The summed E-state index contributed by atoms with van der Waals surface area (Å²) in [4.78, 5) is 23.5. The van der Waals surface area contributed by atoms with Crippen molar-refractivity contribution in [3.05, 3.63) is 29.7 Å². The molecule has 6 heteroatoms. The van der Waals surface area contributed by atoms with Crippen LogP contribution >= 0.6 is 0 Å². The van der Waals surface area contributed by atoms with Gasteiger partial charge in [0, 0.05) is 18.5 Å². The van der Waals surface area contributed by atoms with E-state index in [0.29, 0.717) is 18.6 Å². The number of aromatic nitrogens is 1. The highest BCUT2D eigenvalue weighted by Gasteiger charge is 2.29. The van der Waals surface area contributed by atoms with Gasteiger partial charge < -0.3 is 15.6 Å². The molecule has 0 aromatic carbocycles. The van der Waals surface area contributed by atoms with Crippen molar-refractivity contribution in [2.45, 2.75) is 38.6 Å². The summed E-state index contributed by atoms with van der Waals surface area (Å²) in [6, 6.07) is 1.35. The molecule has 0 saturated heterocycles. The maximum Gasteiger partial charge on any atom is 0.273 e. The lowest BCUT2D eigenvalue weighted by Gasteiger charge is -2.26. The average molecular weight is 277 g/mol. The van der Waals surface area contributed by atoms with Gasteiger partial charge in [-0.3, -0.25) is 9.59 Å². The standard InChI is InChI=1S/C14H19N3O3/c1-2-5-9-8-12(17-20-9)14(19)16-11-7-4-3-6-10(11)13(15)18/h3-4,8,10-11H,2,5-7H2,1H3,(H2,15,18)(H,16,19)/t10-,11-/m1/s1. The number of aryl methyl sites for hydroxylation is 1. The van der Waals surface area contributed by atoms with E-state index in [1.807, 2.05) is 19.1 Å². The van der Waals surface area contributed by atoms with Crippen molar-refractivity contribution in [1.29, 1.82) is 0 Å². The van der Waals surface area contributed by atoms with E-state index >= 15 is 0 Å². The van der Waals surface area contributed by atoms with Gasteiger partial charge in [0.2, 0.25) is 5.91 Å². The number of nitrogens with two attached hydrogens (primary N) is 1. The van der Waals surface area contributed by atoms with Gasteiger partial charge >= 0.3 is 0 Å². The average Bonchev–Trinajstić information content (AvgIpc) is 2.88. The molecule has 1 heterocycles. The van der Waals surface area contributed by atoms with Crippen LogP contribution in [0.3, 0.4) is 0 Å². The first-order valence-corrected chi connectivity index (χ1v) is 6.82. The maximum atomic E-state index is 12.1. The number of primary amides is 1. The van der Waals surface area contributed by atoms with Crippen molar-refractivity contribution in [2.24, 2.45) is 11.7 Å². The fourth-order valence-electron chi connectivity index (χ4n) is 2.31. The third-order valence-electron chi connectivity index (χ3n) is 3.40. The third-order valence-corrected chi connectivity index (χ3v) is 3.40. The summed E-state index contributed by atoms with van der Waals surface area (Å²) in [7, 11) is 0. The number of amides is 2. The van der Waals surface area contributed by atoms with E-state index in [0.717, 1.165) is 12.8 Å². The Bertz CT molecular complexity index is 521. The molecule has 6 nitrogen and oxygen atoms in total. The van der Waals surface area contributed by atoms with E-state index in [1.165, 1.54) is 0 Å². The first-order valence-electron chi connectivity index (χ1n) is 6.82. The molecule has 1 aliphatic rings. The molecule has 2 rings (SSSR count). The number of nitrogens with zero attached hydrogens (tertiary/aromatic N) is 1. The van der Waals surface area contributed by atoms with Gasteiger partial charge in [-0.15, -0.1) is 0 Å². The molecule has 0 unspecified atom stereocenters. The second-order valence-electron chi connectivity index (χ2n) is 4.96. The monoisotopic (exact) mass is 277 g/mol. The molecule has 0 radical (unpaired) electrons. The number of rotatable bonds is 5. The highest BCUT2D eigenvalue weighted by molar-refractivity contribution is 5.93. The third kappa shape index (κ3) is 3.26. The molecule has 2 amide bonds. The van der Waals surface area contributed by atoms with E-state index in [2.05, 4.69) is 10.5 Å². The second-order valence-corrected chi connectivity index (χ2v) is 4.96. The van der Waals surface area contributed by atoms with Crippen LogP contribution in [0.1, 0.15) is 42.4 Å². The number of hydrogen-bond acceptors (Lipinski definition) is 4. The summed E-state index contributed by atoms with van der Waals surface area (Å²) in [5.41, 5.74) is 5.60. The lowest BCUT2D eigenvalue weighted by molar-refractivity contribution is -0.122. The zero-order chi connectivity index (χ0) is 14.5. The Hall–Kier alpha value is -2.11. The molecule has 108 valence electrons. The van der Waals surface area contributed by atoms with E-state index in [9.17, 15) is 9.59 Å². The molecular formula is C14H19N3O3. The lowest BCUT2D eigenvalue weighted by atomic mass is 9.88. The summed E-state index contributed by atoms with van der Waals surface area (Å²) in [5.74, 6) is -0.410. The summed E-state index contributed by atoms with van der Waals surface area (Å²) in [5, 5.41) is 6.56. The minimum atomic E-state index is -0.397. The molecule has 0 fully saturated rings. The van der Waals surface area contributed by atoms with Crippen LogP contribution in [0.4, 0.5) is 0 Å². The van der Waals surface area contributed by atoms with E-state index in [4.69, 9.17) is 10.3 Å². The highest BCUT2D eigenvalue weighted by atomic mass is 16.5. The quantitative estimate of drug-likeness (QED) is 0.789. The predicted molar refractivity (Wildman–Crippen MR) is 72.8 cm³/mol. The zero-order valence-corrected chi connectivity index (χ0v) is 11.5. The molecule has 1 aromatic rings. The minimum Gasteiger partial charge on any atom is -0.369 e. The van der Waals surface area contributed by atoms with Crippen molar-refractivity contribution >= 4 is 11.8 Å². The highest BCUT2D eigenvalue weighted by Crippen LogP contribution is 2.19. The van der Waals surface area contributed by atoms with Crippen molar-refractivity contribution < 1.29 is 14.1 Å². The first kappa shape index (κ1) is 14.3. The van der Waals surface area contributed by atoms with E-state index < -0.39 is 5.91 Å². The molecule has 0 spiro atoms. The molecule has 0 aliphatic heterocycles. The topological polar surface area (TPSA) is 98.2 Å². The second kappa shape index (κ2) is 6.36. The largest absolute Gasteiger partial charge is 0.369 e. The molecule has 3 N–H and O–H groups in total. The Morgan fingerprint density at radius 2 is 2.20 bits per heavy atom. The number of carbonyl (C=O) groups is 2. The van der Waals surface area contributed by atoms with Gasteiger partial charge in [-0.05, 0) is 19.3 Å². The number of nitrogens with one attached hydrogen (secondary N) is 1. The van der Waals surface area contributed by atoms with Crippen LogP contribution in [0.25, 0.3) is 0 Å².